The van der Waals surface area contributed by atoms with E-state index in [-0.39, 0.29) is 13.2 Å². The molecular formula is C8H19NO4Si. The van der Waals surface area contributed by atoms with Crippen LogP contribution in [0.3, 0.4) is 0 Å². The largest absolute Gasteiger partial charge is 0.595 e. The molecular weight excluding hydrogens is 202 g/mol. The Morgan fingerprint density at radius 1 is 1.29 bits per heavy atom. The first-order chi connectivity index (χ1) is 6.51. The third-order valence-electron chi connectivity index (χ3n) is 1.77. The molecule has 0 aliphatic carbocycles. The number of carbonyl (C=O) groups excluding carboxylic acids is 1. The molecule has 0 fully saturated rings. The molecule has 0 bridgehead atoms. The van der Waals surface area contributed by atoms with Gasteiger partial charge in [0.05, 0.1) is 0 Å². The Morgan fingerprint density at radius 2 is 1.71 bits per heavy atom. The van der Waals surface area contributed by atoms with Gasteiger partial charge >= 0.3 is 8.80 Å². The van der Waals surface area contributed by atoms with Gasteiger partial charge in [0, 0.05) is 26.8 Å². The van der Waals surface area contributed by atoms with Crippen LogP contribution in [0.25, 0.3) is 0 Å². The van der Waals surface area contributed by atoms with Gasteiger partial charge < -0.3 is 18.5 Å². The normalized spacial score (nSPS) is 11.5. The lowest BCUT2D eigenvalue weighted by atomic mass is 10.7. The highest BCUT2D eigenvalue weighted by Crippen LogP contribution is 2.08. The van der Waals surface area contributed by atoms with Crippen molar-refractivity contribution in [2.24, 2.45) is 0 Å². The lowest BCUT2D eigenvalue weighted by molar-refractivity contribution is 0.106. The number of rotatable bonds is 6. The molecule has 0 spiro atoms. The maximum atomic E-state index is 11.7. The van der Waals surface area contributed by atoms with Crippen LogP contribution in [0.1, 0.15) is 20.8 Å². The molecule has 0 aromatic heterocycles. The van der Waals surface area contributed by atoms with Gasteiger partial charge in [-0.15, -0.1) is 0 Å². The fourth-order valence-corrected chi connectivity index (χ4v) is 2.69. The minimum Gasteiger partial charge on any atom is -0.383 e. The molecule has 0 aromatic rings. The van der Waals surface area contributed by atoms with Gasteiger partial charge in [-0.05, 0) is 20.8 Å². The molecule has 0 aliphatic rings. The summed E-state index contributed by atoms with van der Waals surface area (Å²) in [5, 5.41) is 0. The second-order valence-electron chi connectivity index (χ2n) is 2.77. The lowest BCUT2D eigenvalue weighted by Gasteiger charge is -2.25. The molecule has 0 heterocycles. The van der Waals surface area contributed by atoms with E-state index < -0.39 is 14.3 Å². The second-order valence-corrected chi connectivity index (χ2v) is 4.94. The molecule has 5 nitrogen and oxygen atoms in total. The summed E-state index contributed by atoms with van der Waals surface area (Å²) in [7, 11) is -2.04. The smallest absolute Gasteiger partial charge is 0.383 e. The van der Waals surface area contributed by atoms with Gasteiger partial charge in [0.1, 0.15) is 0 Å². The van der Waals surface area contributed by atoms with Crippen molar-refractivity contribution in [3.63, 3.8) is 0 Å². The zero-order valence-corrected chi connectivity index (χ0v) is 10.2. The molecule has 0 aromatic carbocycles. The van der Waals surface area contributed by atoms with Crippen LogP contribution >= 0.6 is 0 Å². The Morgan fingerprint density at radius 3 is 2.00 bits per heavy atom. The summed E-state index contributed by atoms with van der Waals surface area (Å²) in [6.45, 7) is 6.32. The molecule has 0 saturated carbocycles. The SMILES string of the molecule is CCO[Si](O)(OCC)C(=O)N(C)CC. The van der Waals surface area contributed by atoms with Gasteiger partial charge in [0.2, 0.25) is 0 Å². The molecule has 0 unspecified atom stereocenters. The van der Waals surface area contributed by atoms with Crippen LogP contribution in [0.15, 0.2) is 0 Å². The number of hydrogen-bond donors (Lipinski definition) is 1. The molecule has 0 aliphatic heterocycles. The van der Waals surface area contributed by atoms with E-state index in [1.165, 1.54) is 4.90 Å². The quantitative estimate of drug-likeness (QED) is 0.669. The molecule has 0 atom stereocenters. The van der Waals surface area contributed by atoms with Crippen molar-refractivity contribution in [2.45, 2.75) is 20.8 Å². The van der Waals surface area contributed by atoms with Crippen molar-refractivity contribution in [3.8, 4) is 0 Å². The zero-order chi connectivity index (χ0) is 11.2. The molecule has 14 heavy (non-hydrogen) atoms. The van der Waals surface area contributed by atoms with Crippen LogP contribution in [0.5, 0.6) is 0 Å². The van der Waals surface area contributed by atoms with Crippen molar-refractivity contribution in [1.29, 1.82) is 0 Å². The van der Waals surface area contributed by atoms with E-state index in [1.54, 1.807) is 20.9 Å². The number of amides is 1. The summed E-state index contributed by atoms with van der Waals surface area (Å²) in [6.07, 6.45) is 0. The summed E-state index contributed by atoms with van der Waals surface area (Å²) in [4.78, 5) is 22.9. The van der Waals surface area contributed by atoms with Crippen LogP contribution in [0.4, 0.5) is 4.79 Å². The predicted octanol–water partition coefficient (Wildman–Crippen LogP) is 0.644. The average Bonchev–Trinajstić information content (AvgIpc) is 2.16. The van der Waals surface area contributed by atoms with Gasteiger partial charge in [-0.3, -0.25) is 4.79 Å². The highest BCUT2D eigenvalue weighted by Gasteiger charge is 2.48. The minimum absolute atomic E-state index is 0.270. The van der Waals surface area contributed by atoms with Crippen LogP contribution in [0.2, 0.25) is 0 Å². The third kappa shape index (κ3) is 3.37. The minimum atomic E-state index is -3.65. The van der Waals surface area contributed by atoms with E-state index in [0.717, 1.165) is 0 Å². The molecule has 1 amide bonds. The predicted molar refractivity (Wildman–Crippen MR) is 54.9 cm³/mol. The summed E-state index contributed by atoms with van der Waals surface area (Å²) < 4.78 is 10.1. The zero-order valence-electron chi connectivity index (χ0n) is 9.24. The number of carbonyl (C=O) groups is 1. The van der Waals surface area contributed by atoms with Crippen LogP contribution < -0.4 is 0 Å². The fraction of sp³-hybridized carbons (Fsp3) is 0.875. The standard InChI is InChI=1S/C8H19NO4Si/c1-5-9(4)8(10)14(11,12-6-2)13-7-3/h11H,5-7H2,1-4H3. The molecule has 0 saturated heterocycles. The fourth-order valence-electron chi connectivity index (χ4n) is 0.941. The maximum Gasteiger partial charge on any atom is 0.595 e. The van der Waals surface area contributed by atoms with E-state index >= 15 is 0 Å². The van der Waals surface area contributed by atoms with Crippen molar-refractivity contribution in [2.75, 3.05) is 26.8 Å². The van der Waals surface area contributed by atoms with Gasteiger partial charge in [-0.25, -0.2) is 0 Å². The van der Waals surface area contributed by atoms with E-state index in [4.69, 9.17) is 8.85 Å². The first-order valence-electron chi connectivity index (χ1n) is 4.77. The second kappa shape index (κ2) is 6.13. The van der Waals surface area contributed by atoms with Gasteiger partial charge in [0.15, 0.2) is 0 Å². The monoisotopic (exact) mass is 221 g/mol. The summed E-state index contributed by atoms with van der Waals surface area (Å²) in [6, 6.07) is 0. The van der Waals surface area contributed by atoms with Crippen molar-refractivity contribution >= 4 is 14.3 Å². The first kappa shape index (κ1) is 13.6. The van der Waals surface area contributed by atoms with Crippen LogP contribution in [-0.4, -0.2) is 50.8 Å². The Balaban J connectivity index is 4.54. The Bertz CT molecular complexity index is 182. The van der Waals surface area contributed by atoms with Crippen LogP contribution in [-0.2, 0) is 8.85 Å². The van der Waals surface area contributed by atoms with Crippen LogP contribution in [0, 0.1) is 0 Å². The van der Waals surface area contributed by atoms with Crippen molar-refractivity contribution in [3.05, 3.63) is 0 Å². The number of hydrogen-bond acceptors (Lipinski definition) is 4. The highest BCUT2D eigenvalue weighted by atomic mass is 28.4. The molecule has 6 heteroatoms. The Hall–Kier alpha value is -0.433. The van der Waals surface area contributed by atoms with E-state index in [2.05, 4.69) is 0 Å². The topological polar surface area (TPSA) is 59.0 Å². The lowest BCUT2D eigenvalue weighted by Crippen LogP contribution is -2.56. The number of nitrogens with zero attached hydrogens (tertiary/aromatic N) is 1. The van der Waals surface area contributed by atoms with Gasteiger partial charge in [-0.1, -0.05) is 0 Å². The van der Waals surface area contributed by atoms with Gasteiger partial charge in [0.25, 0.3) is 5.53 Å². The van der Waals surface area contributed by atoms with E-state index in [1.807, 2.05) is 6.92 Å². The Labute approximate surface area is 86.0 Å². The average molecular weight is 221 g/mol. The van der Waals surface area contributed by atoms with Crippen molar-refractivity contribution < 1.29 is 18.4 Å². The van der Waals surface area contributed by atoms with Crippen molar-refractivity contribution in [1.82, 2.24) is 4.90 Å². The molecule has 0 rings (SSSR count). The van der Waals surface area contributed by atoms with Gasteiger partial charge in [-0.2, -0.15) is 0 Å². The van der Waals surface area contributed by atoms with E-state index in [0.29, 0.717) is 6.54 Å². The van der Waals surface area contributed by atoms with E-state index in [9.17, 15) is 9.59 Å². The molecule has 84 valence electrons. The summed E-state index contributed by atoms with van der Waals surface area (Å²) >= 11 is 0. The molecule has 0 radical (unpaired) electrons. The summed E-state index contributed by atoms with van der Waals surface area (Å²) in [5.74, 6) is 0. The molecule has 1 N–H and O–H groups in total. The first-order valence-corrected chi connectivity index (χ1v) is 6.54. The highest BCUT2D eigenvalue weighted by molar-refractivity contribution is 6.90. The third-order valence-corrected chi connectivity index (χ3v) is 4.05. The Kier molecular flexibility index (Phi) is 5.94. The summed E-state index contributed by atoms with van der Waals surface area (Å²) in [5.41, 5.74) is -0.441. The maximum absolute atomic E-state index is 11.7.